The van der Waals surface area contributed by atoms with Crippen LogP contribution in [0.5, 0.6) is 0 Å². The van der Waals surface area contributed by atoms with Crippen molar-refractivity contribution in [2.45, 2.75) is 32.4 Å². The summed E-state index contributed by atoms with van der Waals surface area (Å²) in [4.78, 5) is 13.7. The van der Waals surface area contributed by atoms with E-state index in [2.05, 4.69) is 4.98 Å². The maximum Gasteiger partial charge on any atom is 0.325 e. The van der Waals surface area contributed by atoms with E-state index in [-0.39, 0.29) is 17.8 Å². The second kappa shape index (κ2) is 3.58. The molecule has 1 heterocycles. The van der Waals surface area contributed by atoms with E-state index >= 15 is 0 Å². The van der Waals surface area contributed by atoms with Crippen molar-refractivity contribution in [2.24, 2.45) is 5.73 Å². The fraction of sp³-hybridized carbons (Fsp3) is 0.625. The highest BCUT2D eigenvalue weighted by molar-refractivity contribution is 4.80. The minimum atomic E-state index is -0.0665. The van der Waals surface area contributed by atoms with E-state index in [9.17, 15) is 4.79 Å². The van der Waals surface area contributed by atoms with Crippen LogP contribution in [0.4, 0.5) is 0 Å². The van der Waals surface area contributed by atoms with Gasteiger partial charge in [-0.15, -0.1) is 0 Å². The van der Waals surface area contributed by atoms with E-state index in [1.165, 1.54) is 0 Å². The summed E-state index contributed by atoms with van der Waals surface area (Å²) in [6.07, 6.45) is 4.20. The van der Waals surface area contributed by atoms with Crippen molar-refractivity contribution in [3.05, 3.63) is 22.9 Å². The highest BCUT2D eigenvalue weighted by atomic mass is 16.1. The molecule has 0 amide bonds. The molecule has 0 radical (unpaired) electrons. The molecular formula is C8H15N3O. The molecule has 4 nitrogen and oxygen atoms in total. The van der Waals surface area contributed by atoms with E-state index in [1.807, 2.05) is 13.8 Å². The summed E-state index contributed by atoms with van der Waals surface area (Å²) < 4.78 is 1.66. The Labute approximate surface area is 71.4 Å². The number of nitrogens with one attached hydrogen (secondary N) is 1. The van der Waals surface area contributed by atoms with Crippen molar-refractivity contribution in [2.75, 3.05) is 0 Å². The fourth-order valence-electron chi connectivity index (χ4n) is 1.33. The SMILES string of the molecule is CC(N)CC(C)n1cc[nH]c1=O. The molecule has 68 valence electrons. The first-order valence-electron chi connectivity index (χ1n) is 4.12. The van der Waals surface area contributed by atoms with Gasteiger partial charge in [0.1, 0.15) is 0 Å². The molecular weight excluding hydrogens is 154 g/mol. The van der Waals surface area contributed by atoms with Crippen molar-refractivity contribution in [3.8, 4) is 0 Å². The summed E-state index contributed by atoms with van der Waals surface area (Å²) in [5, 5.41) is 0. The van der Waals surface area contributed by atoms with Gasteiger partial charge < -0.3 is 10.7 Å². The Morgan fingerprint density at radius 1 is 1.67 bits per heavy atom. The number of nitrogens with zero attached hydrogens (tertiary/aromatic N) is 1. The van der Waals surface area contributed by atoms with Gasteiger partial charge in [-0.3, -0.25) is 4.57 Å². The first-order chi connectivity index (χ1) is 5.61. The first-order valence-corrected chi connectivity index (χ1v) is 4.12. The maximum absolute atomic E-state index is 11.1. The van der Waals surface area contributed by atoms with Crippen LogP contribution in [0.1, 0.15) is 26.3 Å². The molecule has 2 atom stereocenters. The molecule has 0 aliphatic carbocycles. The zero-order valence-electron chi connectivity index (χ0n) is 7.45. The Hall–Kier alpha value is -1.03. The lowest BCUT2D eigenvalue weighted by molar-refractivity contribution is 0.455. The van der Waals surface area contributed by atoms with Crippen LogP contribution in [0.2, 0.25) is 0 Å². The van der Waals surface area contributed by atoms with Crippen LogP contribution in [-0.2, 0) is 0 Å². The van der Waals surface area contributed by atoms with Gasteiger partial charge in [-0.2, -0.15) is 0 Å². The summed E-state index contributed by atoms with van der Waals surface area (Å²) in [5.74, 6) is 0. The third-order valence-electron chi connectivity index (χ3n) is 1.86. The van der Waals surface area contributed by atoms with Crippen molar-refractivity contribution in [1.29, 1.82) is 0 Å². The number of imidazole rings is 1. The van der Waals surface area contributed by atoms with Gasteiger partial charge in [-0.1, -0.05) is 0 Å². The van der Waals surface area contributed by atoms with E-state index < -0.39 is 0 Å². The van der Waals surface area contributed by atoms with Crippen LogP contribution in [0.15, 0.2) is 17.2 Å². The van der Waals surface area contributed by atoms with Gasteiger partial charge in [0, 0.05) is 24.5 Å². The molecule has 0 fully saturated rings. The van der Waals surface area contributed by atoms with Crippen LogP contribution < -0.4 is 11.4 Å². The van der Waals surface area contributed by atoms with Crippen LogP contribution >= 0.6 is 0 Å². The second-order valence-corrected chi connectivity index (χ2v) is 3.23. The molecule has 1 rings (SSSR count). The molecule has 0 aliphatic rings. The topological polar surface area (TPSA) is 63.8 Å². The fourth-order valence-corrected chi connectivity index (χ4v) is 1.33. The number of aromatic amines is 1. The lowest BCUT2D eigenvalue weighted by Gasteiger charge is -2.13. The summed E-state index contributed by atoms with van der Waals surface area (Å²) in [5.41, 5.74) is 5.56. The zero-order chi connectivity index (χ0) is 9.14. The normalized spacial score (nSPS) is 15.9. The summed E-state index contributed by atoms with van der Waals surface area (Å²) in [6, 6.07) is 0.297. The van der Waals surface area contributed by atoms with Crippen molar-refractivity contribution >= 4 is 0 Å². The molecule has 0 aromatic carbocycles. The second-order valence-electron chi connectivity index (χ2n) is 3.23. The Morgan fingerprint density at radius 2 is 2.33 bits per heavy atom. The third-order valence-corrected chi connectivity index (χ3v) is 1.86. The van der Waals surface area contributed by atoms with Gasteiger partial charge in [0.05, 0.1) is 0 Å². The number of rotatable bonds is 3. The van der Waals surface area contributed by atoms with Crippen LogP contribution in [-0.4, -0.2) is 15.6 Å². The van der Waals surface area contributed by atoms with E-state index in [4.69, 9.17) is 5.73 Å². The monoisotopic (exact) mass is 169 g/mol. The molecule has 12 heavy (non-hydrogen) atoms. The third kappa shape index (κ3) is 1.98. The van der Waals surface area contributed by atoms with Gasteiger partial charge in [0.25, 0.3) is 0 Å². The van der Waals surface area contributed by atoms with Crippen LogP contribution in [0.25, 0.3) is 0 Å². The highest BCUT2D eigenvalue weighted by Gasteiger charge is 2.08. The van der Waals surface area contributed by atoms with Crippen molar-refractivity contribution < 1.29 is 0 Å². The van der Waals surface area contributed by atoms with Gasteiger partial charge >= 0.3 is 5.69 Å². The quantitative estimate of drug-likeness (QED) is 0.691. The molecule has 0 spiro atoms. The zero-order valence-corrected chi connectivity index (χ0v) is 7.45. The molecule has 1 aromatic rings. The highest BCUT2D eigenvalue weighted by Crippen LogP contribution is 2.08. The van der Waals surface area contributed by atoms with E-state index in [0.717, 1.165) is 6.42 Å². The molecule has 0 aliphatic heterocycles. The summed E-state index contributed by atoms with van der Waals surface area (Å²) >= 11 is 0. The molecule has 2 unspecified atom stereocenters. The van der Waals surface area contributed by atoms with E-state index in [1.54, 1.807) is 17.0 Å². The Bertz CT molecular complexity index is 286. The van der Waals surface area contributed by atoms with Crippen LogP contribution in [0, 0.1) is 0 Å². The molecule has 3 N–H and O–H groups in total. The summed E-state index contributed by atoms with van der Waals surface area (Å²) in [7, 11) is 0. The number of nitrogens with two attached hydrogens (primary N) is 1. The standard InChI is InChI=1S/C8H15N3O/c1-6(9)5-7(2)11-4-3-10-8(11)12/h3-4,6-7H,5,9H2,1-2H3,(H,10,12). The average molecular weight is 169 g/mol. The van der Waals surface area contributed by atoms with Gasteiger partial charge in [0.2, 0.25) is 0 Å². The predicted octanol–water partition coefficient (Wildman–Crippen LogP) is 0.475. The molecule has 0 saturated carbocycles. The minimum absolute atomic E-state index is 0.0665. The predicted molar refractivity (Wildman–Crippen MR) is 48.0 cm³/mol. The lowest BCUT2D eigenvalue weighted by atomic mass is 10.1. The number of H-pyrrole nitrogens is 1. The summed E-state index contributed by atoms with van der Waals surface area (Å²) in [6.45, 7) is 3.92. The number of hydrogen-bond donors (Lipinski definition) is 2. The van der Waals surface area contributed by atoms with E-state index in [0.29, 0.717) is 0 Å². The van der Waals surface area contributed by atoms with Crippen LogP contribution in [0.3, 0.4) is 0 Å². The number of hydrogen-bond acceptors (Lipinski definition) is 2. The smallest absolute Gasteiger partial charge is 0.325 e. The molecule has 1 aromatic heterocycles. The Morgan fingerprint density at radius 3 is 2.75 bits per heavy atom. The van der Waals surface area contributed by atoms with Gasteiger partial charge in [-0.05, 0) is 20.3 Å². The minimum Gasteiger partial charge on any atom is -0.328 e. The Balaban J connectivity index is 2.71. The largest absolute Gasteiger partial charge is 0.328 e. The van der Waals surface area contributed by atoms with Gasteiger partial charge in [-0.25, -0.2) is 4.79 Å². The molecule has 0 bridgehead atoms. The maximum atomic E-state index is 11.1. The van der Waals surface area contributed by atoms with Crippen molar-refractivity contribution in [3.63, 3.8) is 0 Å². The first kappa shape index (κ1) is 9.06. The lowest BCUT2D eigenvalue weighted by Crippen LogP contribution is -2.25. The average Bonchev–Trinajstić information content (AvgIpc) is 2.33. The number of aromatic nitrogens is 2. The molecule has 4 heteroatoms. The Kier molecular flexibility index (Phi) is 2.70. The van der Waals surface area contributed by atoms with Gasteiger partial charge in [0.15, 0.2) is 0 Å². The van der Waals surface area contributed by atoms with Crippen molar-refractivity contribution in [1.82, 2.24) is 9.55 Å². The molecule has 0 saturated heterocycles.